The molecule has 0 radical (unpaired) electrons. The number of Topliss-reactive ketones (excluding diaryl/α,β-unsaturated/α-hetero) is 1. The van der Waals surface area contributed by atoms with Crippen LogP contribution in [0.2, 0.25) is 10.2 Å². The molecule has 3 nitrogen and oxygen atoms in total. The molecule has 0 bridgehead atoms. The summed E-state index contributed by atoms with van der Waals surface area (Å²) in [5.74, 6) is 0.0768. The zero-order chi connectivity index (χ0) is 13.2. The van der Waals surface area contributed by atoms with E-state index in [4.69, 9.17) is 23.2 Å². The molecule has 1 saturated heterocycles. The van der Waals surface area contributed by atoms with Gasteiger partial charge < -0.3 is 5.32 Å². The van der Waals surface area contributed by atoms with Crippen molar-refractivity contribution in [2.24, 2.45) is 5.41 Å². The molecule has 0 spiro atoms. The van der Waals surface area contributed by atoms with Gasteiger partial charge in [-0.05, 0) is 31.5 Å². The summed E-state index contributed by atoms with van der Waals surface area (Å²) in [4.78, 5) is 16.7. The number of hydrogen-bond donors (Lipinski definition) is 1. The number of nitrogens with one attached hydrogen (secondary N) is 1. The maximum atomic E-state index is 12.6. The first-order chi connectivity index (χ1) is 8.59. The number of hydrogen-bond acceptors (Lipinski definition) is 3. The Hall–Kier alpha value is -0.640. The Labute approximate surface area is 117 Å². The van der Waals surface area contributed by atoms with E-state index in [-0.39, 0.29) is 16.4 Å². The van der Waals surface area contributed by atoms with Gasteiger partial charge in [0, 0.05) is 12.0 Å². The standard InChI is InChI=1S/C13H16Cl2N2O/c1-2-5-13(6-7-16-8-13)11(18)10-4-3-9(14)12(15)17-10/h3-4,16H,2,5-8H2,1H3. The summed E-state index contributed by atoms with van der Waals surface area (Å²) in [5.41, 5.74) is 0.0976. The van der Waals surface area contributed by atoms with E-state index in [1.807, 2.05) is 0 Å². The second-order valence-electron chi connectivity index (χ2n) is 4.76. The highest BCUT2D eigenvalue weighted by atomic mass is 35.5. The average molecular weight is 287 g/mol. The van der Waals surface area contributed by atoms with E-state index in [0.29, 0.717) is 10.7 Å². The van der Waals surface area contributed by atoms with Gasteiger partial charge in [0.2, 0.25) is 0 Å². The molecular weight excluding hydrogens is 271 g/mol. The normalized spacial score (nSPS) is 23.3. The topological polar surface area (TPSA) is 42.0 Å². The predicted octanol–water partition coefficient (Wildman–Crippen LogP) is 3.35. The van der Waals surface area contributed by atoms with Gasteiger partial charge in [-0.15, -0.1) is 0 Å². The zero-order valence-corrected chi connectivity index (χ0v) is 11.8. The van der Waals surface area contributed by atoms with Gasteiger partial charge >= 0.3 is 0 Å². The van der Waals surface area contributed by atoms with E-state index in [0.717, 1.165) is 32.4 Å². The molecule has 1 aromatic heterocycles. The maximum absolute atomic E-state index is 12.6. The van der Waals surface area contributed by atoms with Crippen molar-refractivity contribution >= 4 is 29.0 Å². The maximum Gasteiger partial charge on any atom is 0.188 e. The van der Waals surface area contributed by atoms with Crippen molar-refractivity contribution in [1.29, 1.82) is 0 Å². The van der Waals surface area contributed by atoms with Crippen molar-refractivity contribution in [2.45, 2.75) is 26.2 Å². The van der Waals surface area contributed by atoms with Gasteiger partial charge in [-0.2, -0.15) is 0 Å². The van der Waals surface area contributed by atoms with Crippen molar-refractivity contribution in [1.82, 2.24) is 10.3 Å². The zero-order valence-electron chi connectivity index (χ0n) is 10.3. The average Bonchev–Trinajstić information content (AvgIpc) is 2.82. The summed E-state index contributed by atoms with van der Waals surface area (Å²) in [6.45, 7) is 3.70. The molecule has 1 aliphatic rings. The quantitative estimate of drug-likeness (QED) is 0.682. The Bertz CT molecular complexity index is 456. The Balaban J connectivity index is 2.30. The molecule has 1 N–H and O–H groups in total. The summed E-state index contributed by atoms with van der Waals surface area (Å²) in [7, 11) is 0. The van der Waals surface area contributed by atoms with E-state index < -0.39 is 0 Å². The van der Waals surface area contributed by atoms with Crippen LogP contribution in [0.1, 0.15) is 36.7 Å². The van der Waals surface area contributed by atoms with Gasteiger partial charge in [-0.25, -0.2) is 4.98 Å². The second-order valence-corrected chi connectivity index (χ2v) is 5.52. The van der Waals surface area contributed by atoms with Gasteiger partial charge in [0.15, 0.2) is 5.78 Å². The number of pyridine rings is 1. The largest absolute Gasteiger partial charge is 0.316 e. The van der Waals surface area contributed by atoms with Crippen molar-refractivity contribution in [2.75, 3.05) is 13.1 Å². The van der Waals surface area contributed by atoms with Crippen LogP contribution in [0.3, 0.4) is 0 Å². The Morgan fingerprint density at radius 3 is 2.83 bits per heavy atom. The van der Waals surface area contributed by atoms with Crippen LogP contribution in [0.4, 0.5) is 0 Å². The van der Waals surface area contributed by atoms with Gasteiger partial charge in [0.25, 0.3) is 0 Å². The highest BCUT2D eigenvalue weighted by Crippen LogP contribution is 2.35. The fraction of sp³-hybridized carbons (Fsp3) is 0.538. The van der Waals surface area contributed by atoms with Gasteiger partial charge in [-0.3, -0.25) is 4.79 Å². The van der Waals surface area contributed by atoms with Gasteiger partial charge in [-0.1, -0.05) is 36.5 Å². The summed E-state index contributed by atoms with van der Waals surface area (Å²) in [6.07, 6.45) is 2.72. The predicted molar refractivity (Wildman–Crippen MR) is 73.4 cm³/mol. The number of aromatic nitrogens is 1. The van der Waals surface area contributed by atoms with Crippen molar-refractivity contribution in [3.05, 3.63) is 28.0 Å². The molecule has 1 unspecified atom stereocenters. The first-order valence-corrected chi connectivity index (χ1v) is 6.92. The molecule has 98 valence electrons. The minimum Gasteiger partial charge on any atom is -0.316 e. The third-order valence-corrected chi connectivity index (χ3v) is 4.18. The molecule has 1 aromatic rings. The third-order valence-electron chi connectivity index (χ3n) is 3.49. The summed E-state index contributed by atoms with van der Waals surface area (Å²) >= 11 is 11.7. The molecule has 2 rings (SSSR count). The fourth-order valence-corrected chi connectivity index (χ4v) is 2.82. The van der Waals surface area contributed by atoms with Crippen molar-refractivity contribution in [3.8, 4) is 0 Å². The number of carbonyl (C=O) groups excluding carboxylic acids is 1. The molecule has 1 aliphatic heterocycles. The number of ketones is 1. The van der Waals surface area contributed by atoms with Crippen molar-refractivity contribution in [3.63, 3.8) is 0 Å². The minimum atomic E-state index is -0.321. The van der Waals surface area contributed by atoms with Crippen LogP contribution in [-0.2, 0) is 0 Å². The van der Waals surface area contributed by atoms with Crippen LogP contribution >= 0.6 is 23.2 Å². The van der Waals surface area contributed by atoms with Crippen LogP contribution in [-0.4, -0.2) is 23.9 Å². The summed E-state index contributed by atoms with van der Waals surface area (Å²) < 4.78 is 0. The molecule has 0 aliphatic carbocycles. The summed E-state index contributed by atoms with van der Waals surface area (Å²) in [5, 5.41) is 3.84. The number of rotatable bonds is 4. The monoisotopic (exact) mass is 286 g/mol. The smallest absolute Gasteiger partial charge is 0.188 e. The molecule has 0 amide bonds. The van der Waals surface area contributed by atoms with Crippen LogP contribution in [0.25, 0.3) is 0 Å². The number of halogens is 2. The van der Waals surface area contributed by atoms with E-state index in [9.17, 15) is 4.79 Å². The van der Waals surface area contributed by atoms with Crippen LogP contribution in [0.15, 0.2) is 12.1 Å². The Morgan fingerprint density at radius 2 is 2.28 bits per heavy atom. The molecule has 0 saturated carbocycles. The lowest BCUT2D eigenvalue weighted by Crippen LogP contribution is -2.34. The van der Waals surface area contributed by atoms with E-state index in [1.54, 1.807) is 12.1 Å². The van der Waals surface area contributed by atoms with Crippen LogP contribution in [0, 0.1) is 5.41 Å². The van der Waals surface area contributed by atoms with Gasteiger partial charge in [0.05, 0.1) is 5.02 Å². The first kappa shape index (κ1) is 13.8. The minimum absolute atomic E-state index is 0.0768. The Kier molecular flexibility index (Phi) is 4.25. The SMILES string of the molecule is CCCC1(C(=O)c2ccc(Cl)c(Cl)n2)CCNC1. The van der Waals surface area contributed by atoms with E-state index in [2.05, 4.69) is 17.2 Å². The van der Waals surface area contributed by atoms with Crippen molar-refractivity contribution < 1.29 is 4.79 Å². The van der Waals surface area contributed by atoms with Crippen LogP contribution in [0.5, 0.6) is 0 Å². The lowest BCUT2D eigenvalue weighted by Gasteiger charge is -2.25. The lowest BCUT2D eigenvalue weighted by molar-refractivity contribution is 0.0796. The third kappa shape index (κ3) is 2.53. The highest BCUT2D eigenvalue weighted by Gasteiger charge is 2.41. The molecule has 0 aromatic carbocycles. The molecule has 1 atom stereocenters. The number of nitrogens with zero attached hydrogens (tertiary/aromatic N) is 1. The first-order valence-electron chi connectivity index (χ1n) is 6.16. The number of carbonyl (C=O) groups is 1. The molecule has 5 heteroatoms. The Morgan fingerprint density at radius 1 is 1.50 bits per heavy atom. The molecular formula is C13H16Cl2N2O. The fourth-order valence-electron chi connectivity index (χ4n) is 2.56. The molecule has 1 fully saturated rings. The molecule has 2 heterocycles. The van der Waals surface area contributed by atoms with E-state index in [1.165, 1.54) is 0 Å². The molecule has 18 heavy (non-hydrogen) atoms. The second kappa shape index (κ2) is 5.55. The van der Waals surface area contributed by atoms with E-state index >= 15 is 0 Å². The summed E-state index contributed by atoms with van der Waals surface area (Å²) in [6, 6.07) is 3.29. The van der Waals surface area contributed by atoms with Gasteiger partial charge in [0.1, 0.15) is 10.8 Å². The lowest BCUT2D eigenvalue weighted by atomic mass is 9.77. The van der Waals surface area contributed by atoms with Crippen LogP contribution < -0.4 is 5.32 Å². The highest BCUT2D eigenvalue weighted by molar-refractivity contribution is 6.41.